The Morgan fingerprint density at radius 2 is 1.96 bits per heavy atom. The third-order valence-electron chi connectivity index (χ3n) is 3.99. The first-order valence-electron chi connectivity index (χ1n) is 7.51. The van der Waals surface area contributed by atoms with Gasteiger partial charge in [0, 0.05) is 13.3 Å². The van der Waals surface area contributed by atoms with Gasteiger partial charge < -0.3 is 4.42 Å². The molecule has 1 aliphatic rings. The van der Waals surface area contributed by atoms with Gasteiger partial charge in [0.2, 0.25) is 21.8 Å². The van der Waals surface area contributed by atoms with Crippen molar-refractivity contribution in [3.05, 3.63) is 41.6 Å². The van der Waals surface area contributed by atoms with Gasteiger partial charge in [-0.05, 0) is 24.1 Å². The molecule has 6 nitrogen and oxygen atoms in total. The summed E-state index contributed by atoms with van der Waals surface area (Å²) in [5.41, 5.74) is 0.963. The van der Waals surface area contributed by atoms with Gasteiger partial charge in [0.05, 0.1) is 11.4 Å². The molecule has 3 rings (SSSR count). The molecule has 2 aromatic rings. The summed E-state index contributed by atoms with van der Waals surface area (Å²) < 4.78 is 59.4. The summed E-state index contributed by atoms with van der Waals surface area (Å²) in [7, 11) is -4.10. The van der Waals surface area contributed by atoms with Crippen molar-refractivity contribution >= 4 is 10.0 Å². The van der Waals surface area contributed by atoms with Gasteiger partial charge in [-0.1, -0.05) is 19.1 Å². The molecule has 0 unspecified atom stereocenters. The van der Waals surface area contributed by atoms with Gasteiger partial charge in [-0.3, -0.25) is 0 Å². The zero-order valence-corrected chi connectivity index (χ0v) is 14.1. The Bertz CT molecular complexity index is 834. The van der Waals surface area contributed by atoms with Gasteiger partial charge in [0.25, 0.3) is 5.92 Å². The summed E-state index contributed by atoms with van der Waals surface area (Å²) in [6.45, 7) is 2.56. The zero-order chi connectivity index (χ0) is 17.5. The monoisotopic (exact) mass is 357 g/mol. The Hall–Kier alpha value is -1.87. The molecule has 0 spiro atoms. The van der Waals surface area contributed by atoms with E-state index in [0.29, 0.717) is 0 Å². The van der Waals surface area contributed by atoms with Crippen molar-refractivity contribution in [1.29, 1.82) is 0 Å². The lowest BCUT2D eigenvalue weighted by Gasteiger charge is -2.21. The van der Waals surface area contributed by atoms with Crippen LogP contribution in [0.3, 0.4) is 0 Å². The summed E-state index contributed by atoms with van der Waals surface area (Å²) >= 11 is 0. The fraction of sp³-hybridized carbons (Fsp3) is 0.467. The van der Waals surface area contributed by atoms with Crippen molar-refractivity contribution in [2.24, 2.45) is 0 Å². The number of aryl methyl sites for hydroxylation is 2. The van der Waals surface area contributed by atoms with E-state index >= 15 is 0 Å². The minimum atomic E-state index is -4.10. The van der Waals surface area contributed by atoms with Crippen LogP contribution in [0, 0.1) is 6.92 Å². The first-order chi connectivity index (χ1) is 11.2. The molecule has 1 aliphatic heterocycles. The molecule has 9 heteroatoms. The lowest BCUT2D eigenvalue weighted by molar-refractivity contribution is 0.0166. The van der Waals surface area contributed by atoms with Gasteiger partial charge >= 0.3 is 0 Å². The van der Waals surface area contributed by atoms with Gasteiger partial charge in [0.15, 0.2) is 0 Å². The van der Waals surface area contributed by atoms with Crippen LogP contribution in [0.5, 0.6) is 0 Å². The molecule has 0 N–H and O–H groups in total. The molecule has 0 bridgehead atoms. The number of halogens is 2. The number of benzene rings is 1. The summed E-state index contributed by atoms with van der Waals surface area (Å²) in [5.74, 6) is -3.06. The highest BCUT2D eigenvalue weighted by atomic mass is 32.2. The fourth-order valence-electron chi connectivity index (χ4n) is 2.73. The van der Waals surface area contributed by atoms with Crippen LogP contribution in [0.4, 0.5) is 8.78 Å². The van der Waals surface area contributed by atoms with Gasteiger partial charge in [0.1, 0.15) is 6.04 Å². The number of hydrogen-bond donors (Lipinski definition) is 0. The lowest BCUT2D eigenvalue weighted by atomic mass is 10.2. The van der Waals surface area contributed by atoms with E-state index in [1.54, 1.807) is 12.1 Å². The van der Waals surface area contributed by atoms with Crippen molar-refractivity contribution in [1.82, 2.24) is 14.5 Å². The molecule has 0 aliphatic carbocycles. The topological polar surface area (TPSA) is 76.3 Å². The molecule has 0 saturated carbocycles. The van der Waals surface area contributed by atoms with Crippen LogP contribution >= 0.6 is 0 Å². The molecule has 130 valence electrons. The number of sulfonamides is 1. The van der Waals surface area contributed by atoms with Crippen molar-refractivity contribution in [3.8, 4) is 0 Å². The van der Waals surface area contributed by atoms with E-state index in [1.807, 2.05) is 6.92 Å². The molecule has 1 aromatic heterocycles. The minimum Gasteiger partial charge on any atom is -0.424 e. The lowest BCUT2D eigenvalue weighted by Crippen LogP contribution is -2.33. The van der Waals surface area contributed by atoms with Gasteiger partial charge in [-0.25, -0.2) is 17.2 Å². The largest absolute Gasteiger partial charge is 0.424 e. The van der Waals surface area contributed by atoms with Crippen molar-refractivity contribution in [2.45, 2.75) is 43.5 Å². The van der Waals surface area contributed by atoms with Crippen LogP contribution in [0.15, 0.2) is 33.6 Å². The number of rotatable bonds is 4. The first kappa shape index (κ1) is 17.0. The molecule has 0 radical (unpaired) electrons. The van der Waals surface area contributed by atoms with E-state index in [-0.39, 0.29) is 16.7 Å². The molecule has 1 aromatic carbocycles. The molecule has 0 amide bonds. The van der Waals surface area contributed by atoms with Crippen LogP contribution in [0.2, 0.25) is 0 Å². The Labute approximate surface area is 138 Å². The molecule has 1 atom stereocenters. The van der Waals surface area contributed by atoms with Gasteiger partial charge in [-0.2, -0.15) is 4.31 Å². The molecular formula is C15H17F2N3O3S. The Morgan fingerprint density at radius 1 is 1.29 bits per heavy atom. The standard InChI is InChI=1S/C15H17F2N3O3S/c1-3-11-4-6-12(7-5-11)24(21,22)20-9-15(16,17)8-13(20)14-19-18-10(2)23-14/h4-7,13H,3,8-9H2,1-2H3/t13-/m0/s1. The highest BCUT2D eigenvalue weighted by molar-refractivity contribution is 7.89. The van der Waals surface area contributed by atoms with Crippen LogP contribution in [0.25, 0.3) is 0 Å². The second kappa shape index (κ2) is 5.89. The molecular weight excluding hydrogens is 340 g/mol. The minimum absolute atomic E-state index is 0.0290. The van der Waals surface area contributed by atoms with Crippen LogP contribution < -0.4 is 0 Å². The molecule has 2 heterocycles. The van der Waals surface area contributed by atoms with E-state index in [2.05, 4.69) is 10.2 Å². The molecule has 1 saturated heterocycles. The van der Waals surface area contributed by atoms with Crippen molar-refractivity contribution in [3.63, 3.8) is 0 Å². The Balaban J connectivity index is 2.00. The van der Waals surface area contributed by atoms with Crippen molar-refractivity contribution in [2.75, 3.05) is 6.54 Å². The third kappa shape index (κ3) is 3.05. The maximum Gasteiger partial charge on any atom is 0.263 e. The fourth-order valence-corrected chi connectivity index (χ4v) is 4.34. The summed E-state index contributed by atoms with van der Waals surface area (Å²) in [6, 6.07) is 5.04. The van der Waals surface area contributed by atoms with E-state index in [4.69, 9.17) is 4.42 Å². The number of hydrogen-bond acceptors (Lipinski definition) is 5. The van der Waals surface area contributed by atoms with E-state index in [0.717, 1.165) is 16.3 Å². The van der Waals surface area contributed by atoms with E-state index < -0.39 is 35.0 Å². The van der Waals surface area contributed by atoms with Crippen molar-refractivity contribution < 1.29 is 21.6 Å². The average molecular weight is 357 g/mol. The van der Waals surface area contributed by atoms with Gasteiger partial charge in [-0.15, -0.1) is 10.2 Å². The normalized spacial score (nSPS) is 21.2. The second-order valence-corrected chi connectivity index (χ2v) is 7.67. The van der Waals surface area contributed by atoms with Crippen LogP contribution in [-0.2, 0) is 16.4 Å². The molecule has 24 heavy (non-hydrogen) atoms. The summed E-state index contributed by atoms with van der Waals surface area (Å²) in [5, 5.41) is 7.33. The Kier molecular flexibility index (Phi) is 4.16. The highest BCUT2D eigenvalue weighted by Gasteiger charge is 2.52. The van der Waals surface area contributed by atoms with E-state index in [9.17, 15) is 17.2 Å². The van der Waals surface area contributed by atoms with E-state index in [1.165, 1.54) is 19.1 Å². The number of alkyl halides is 2. The zero-order valence-electron chi connectivity index (χ0n) is 13.2. The third-order valence-corrected chi connectivity index (χ3v) is 5.86. The second-order valence-electron chi connectivity index (χ2n) is 5.78. The maximum absolute atomic E-state index is 13.9. The van der Waals surface area contributed by atoms with Crippen LogP contribution in [0.1, 0.15) is 36.7 Å². The Morgan fingerprint density at radius 3 is 2.50 bits per heavy atom. The predicted molar refractivity (Wildman–Crippen MR) is 81.1 cm³/mol. The molecule has 1 fully saturated rings. The predicted octanol–water partition coefficient (Wildman–Crippen LogP) is 2.71. The first-order valence-corrected chi connectivity index (χ1v) is 8.95. The summed E-state index contributed by atoms with van der Waals surface area (Å²) in [4.78, 5) is -0.0290. The number of aromatic nitrogens is 2. The SMILES string of the molecule is CCc1ccc(S(=O)(=O)N2CC(F)(F)C[C@H]2c2nnc(C)o2)cc1. The smallest absolute Gasteiger partial charge is 0.263 e. The summed E-state index contributed by atoms with van der Waals surface area (Å²) in [6.07, 6.45) is 0.0763. The number of nitrogens with zero attached hydrogens (tertiary/aromatic N) is 3. The quantitative estimate of drug-likeness (QED) is 0.841. The van der Waals surface area contributed by atoms with Crippen LogP contribution in [-0.4, -0.2) is 35.4 Å². The maximum atomic E-state index is 13.9. The highest BCUT2D eigenvalue weighted by Crippen LogP contribution is 2.43. The average Bonchev–Trinajstić information content (AvgIpc) is 3.10.